The van der Waals surface area contributed by atoms with Crippen LogP contribution in [0.5, 0.6) is 0 Å². The number of aryl methyl sites for hydroxylation is 1. The minimum atomic E-state index is -4.46. The van der Waals surface area contributed by atoms with Crippen molar-refractivity contribution in [3.05, 3.63) is 71.0 Å². The number of alkyl halides is 3. The summed E-state index contributed by atoms with van der Waals surface area (Å²) in [7, 11) is 0. The Balaban J connectivity index is 1.90. The average Bonchev–Trinajstić information content (AvgIpc) is 3.08. The molecule has 0 aliphatic carbocycles. The van der Waals surface area contributed by atoms with Gasteiger partial charge in [0, 0.05) is 5.56 Å². The second kappa shape index (κ2) is 8.69. The highest BCUT2D eigenvalue weighted by Gasteiger charge is 2.31. The van der Waals surface area contributed by atoms with Crippen LogP contribution >= 0.6 is 11.8 Å². The van der Waals surface area contributed by atoms with Crippen LogP contribution in [-0.4, -0.2) is 26.4 Å². The number of benzene rings is 2. The molecule has 3 rings (SSSR count). The highest BCUT2D eigenvalue weighted by molar-refractivity contribution is 7.99. The van der Waals surface area contributed by atoms with E-state index in [1.54, 1.807) is 28.8 Å². The summed E-state index contributed by atoms with van der Waals surface area (Å²) in [6.07, 6.45) is -4.46. The predicted octanol–water partition coefficient (Wildman–Crippen LogP) is 4.64. The molecule has 0 radical (unpaired) electrons. The number of aromatic nitrogens is 3. The van der Waals surface area contributed by atoms with Gasteiger partial charge in [0.1, 0.15) is 0 Å². The van der Waals surface area contributed by atoms with Gasteiger partial charge in [0.15, 0.2) is 11.0 Å². The molecule has 0 unspecified atom stereocenters. The molecule has 5 nitrogen and oxygen atoms in total. The average molecular weight is 420 g/mol. The van der Waals surface area contributed by atoms with Crippen molar-refractivity contribution in [2.24, 2.45) is 0 Å². The Labute approximate surface area is 170 Å². The van der Waals surface area contributed by atoms with Crippen molar-refractivity contribution in [3.8, 4) is 5.69 Å². The molecule has 0 saturated carbocycles. The summed E-state index contributed by atoms with van der Waals surface area (Å²) in [5.74, 6) is 0.727. The van der Waals surface area contributed by atoms with E-state index in [0.29, 0.717) is 28.0 Å². The summed E-state index contributed by atoms with van der Waals surface area (Å²) >= 11 is 1.36. The molecule has 3 aromatic rings. The molecule has 152 valence electrons. The molecule has 1 aromatic heterocycles. The highest BCUT2D eigenvalue weighted by Crippen LogP contribution is 2.31. The number of hydrogen-bond acceptors (Lipinski definition) is 4. The normalized spacial score (nSPS) is 11.5. The molecule has 2 aromatic carbocycles. The van der Waals surface area contributed by atoms with Gasteiger partial charge >= 0.3 is 6.18 Å². The summed E-state index contributed by atoms with van der Waals surface area (Å²) in [5.41, 5.74) is 0.983. The lowest BCUT2D eigenvalue weighted by atomic mass is 10.1. The van der Waals surface area contributed by atoms with Gasteiger partial charge in [-0.25, -0.2) is 0 Å². The van der Waals surface area contributed by atoms with Gasteiger partial charge in [-0.05, 0) is 43.0 Å². The Hall–Kier alpha value is -2.81. The van der Waals surface area contributed by atoms with Crippen LogP contribution in [0.25, 0.3) is 5.69 Å². The number of nitrogens with one attached hydrogen (secondary N) is 1. The maximum absolute atomic E-state index is 13.1. The number of halogens is 3. The quantitative estimate of drug-likeness (QED) is 0.591. The van der Waals surface area contributed by atoms with Gasteiger partial charge < -0.3 is 5.32 Å². The third kappa shape index (κ3) is 4.97. The molecule has 0 spiro atoms. The molecule has 0 fully saturated rings. The summed E-state index contributed by atoms with van der Waals surface area (Å²) in [6, 6.07) is 12.1. The van der Waals surface area contributed by atoms with E-state index in [1.807, 2.05) is 19.9 Å². The molecule has 9 heteroatoms. The largest absolute Gasteiger partial charge is 0.416 e. The first-order valence-corrected chi connectivity index (χ1v) is 9.87. The molecule has 29 heavy (non-hydrogen) atoms. The van der Waals surface area contributed by atoms with Crippen molar-refractivity contribution in [2.45, 2.75) is 31.7 Å². The third-order valence-corrected chi connectivity index (χ3v) is 4.90. The van der Waals surface area contributed by atoms with Gasteiger partial charge in [0.2, 0.25) is 0 Å². The number of amides is 1. The van der Waals surface area contributed by atoms with E-state index in [4.69, 9.17) is 0 Å². The van der Waals surface area contributed by atoms with Crippen molar-refractivity contribution < 1.29 is 18.0 Å². The summed E-state index contributed by atoms with van der Waals surface area (Å²) in [5, 5.41) is 11.4. The second-order valence-electron chi connectivity index (χ2n) is 6.27. The summed E-state index contributed by atoms with van der Waals surface area (Å²) < 4.78 is 40.9. The first kappa shape index (κ1) is 20.9. The van der Waals surface area contributed by atoms with E-state index in [9.17, 15) is 18.0 Å². The van der Waals surface area contributed by atoms with Crippen molar-refractivity contribution in [1.29, 1.82) is 0 Å². The lowest BCUT2D eigenvalue weighted by molar-refractivity contribution is -0.137. The maximum atomic E-state index is 13.1. The number of rotatable bonds is 6. The van der Waals surface area contributed by atoms with E-state index in [2.05, 4.69) is 15.5 Å². The van der Waals surface area contributed by atoms with Crippen molar-refractivity contribution in [2.75, 3.05) is 5.75 Å². The number of hydrogen-bond donors (Lipinski definition) is 1. The predicted molar refractivity (Wildman–Crippen MR) is 105 cm³/mol. The van der Waals surface area contributed by atoms with Crippen molar-refractivity contribution >= 4 is 17.7 Å². The molecule has 0 saturated heterocycles. The lowest BCUT2D eigenvalue weighted by Crippen LogP contribution is -2.24. The Morgan fingerprint density at radius 1 is 1.14 bits per heavy atom. The van der Waals surface area contributed by atoms with Gasteiger partial charge in [-0.1, -0.05) is 42.4 Å². The van der Waals surface area contributed by atoms with Crippen LogP contribution in [0.3, 0.4) is 0 Å². The van der Waals surface area contributed by atoms with E-state index in [1.165, 1.54) is 17.8 Å². The molecule has 0 aliphatic heterocycles. The molecule has 0 bridgehead atoms. The van der Waals surface area contributed by atoms with Gasteiger partial charge in [-0.2, -0.15) is 13.2 Å². The molecular formula is C20H19F3N4OS. The first-order chi connectivity index (χ1) is 13.8. The van der Waals surface area contributed by atoms with Crippen molar-refractivity contribution in [1.82, 2.24) is 20.1 Å². The fourth-order valence-corrected chi connectivity index (χ4v) is 3.46. The molecular weight excluding hydrogens is 401 g/mol. The topological polar surface area (TPSA) is 59.8 Å². The minimum Gasteiger partial charge on any atom is -0.345 e. The molecule has 0 aliphatic rings. The SMILES string of the molecule is CCSc1nnc(CNC(=O)c2cccc(C)c2)n1-c1cccc(C(F)(F)F)c1. The lowest BCUT2D eigenvalue weighted by Gasteiger charge is -2.13. The Morgan fingerprint density at radius 3 is 2.59 bits per heavy atom. The fourth-order valence-electron chi connectivity index (χ4n) is 2.77. The minimum absolute atomic E-state index is 0.0281. The van der Waals surface area contributed by atoms with Gasteiger partial charge in [-0.3, -0.25) is 9.36 Å². The molecule has 1 amide bonds. The fraction of sp³-hybridized carbons (Fsp3) is 0.250. The van der Waals surface area contributed by atoms with E-state index in [0.717, 1.165) is 17.7 Å². The maximum Gasteiger partial charge on any atom is 0.416 e. The Kier molecular flexibility index (Phi) is 6.26. The van der Waals surface area contributed by atoms with E-state index >= 15 is 0 Å². The van der Waals surface area contributed by atoms with Crippen LogP contribution in [0.4, 0.5) is 13.2 Å². The van der Waals surface area contributed by atoms with Crippen LogP contribution in [0, 0.1) is 6.92 Å². The number of thioether (sulfide) groups is 1. The Bertz CT molecular complexity index is 1020. The summed E-state index contributed by atoms with van der Waals surface area (Å²) in [4.78, 5) is 12.4. The zero-order valence-corrected chi connectivity index (χ0v) is 16.6. The first-order valence-electron chi connectivity index (χ1n) is 8.89. The van der Waals surface area contributed by atoms with E-state index < -0.39 is 11.7 Å². The molecule has 1 N–H and O–H groups in total. The van der Waals surface area contributed by atoms with Gasteiger partial charge in [-0.15, -0.1) is 10.2 Å². The van der Waals surface area contributed by atoms with Crippen LogP contribution in [-0.2, 0) is 12.7 Å². The van der Waals surface area contributed by atoms with Gasteiger partial charge in [0.05, 0.1) is 17.8 Å². The van der Waals surface area contributed by atoms with Crippen LogP contribution in [0.1, 0.15) is 34.2 Å². The zero-order chi connectivity index (χ0) is 21.0. The number of carbonyl (C=O) groups excluding carboxylic acids is 1. The smallest absolute Gasteiger partial charge is 0.345 e. The number of carbonyl (C=O) groups is 1. The van der Waals surface area contributed by atoms with Gasteiger partial charge in [0.25, 0.3) is 5.91 Å². The highest BCUT2D eigenvalue weighted by atomic mass is 32.2. The molecule has 0 atom stereocenters. The van der Waals surface area contributed by atoms with Crippen LogP contribution < -0.4 is 5.32 Å². The third-order valence-electron chi connectivity index (χ3n) is 4.09. The van der Waals surface area contributed by atoms with Crippen LogP contribution in [0.15, 0.2) is 53.7 Å². The second-order valence-corrected chi connectivity index (χ2v) is 7.50. The Morgan fingerprint density at radius 2 is 1.90 bits per heavy atom. The number of nitrogens with zero attached hydrogens (tertiary/aromatic N) is 3. The summed E-state index contributed by atoms with van der Waals surface area (Å²) in [6.45, 7) is 3.82. The molecule has 1 heterocycles. The van der Waals surface area contributed by atoms with E-state index in [-0.39, 0.29) is 12.5 Å². The standard InChI is InChI=1S/C20H19F3N4OS/c1-3-29-19-26-25-17(12-24-18(28)14-7-4-6-13(2)10-14)27(19)16-9-5-8-15(11-16)20(21,22)23/h4-11H,3,12H2,1-2H3,(H,24,28). The van der Waals surface area contributed by atoms with Crippen LogP contribution in [0.2, 0.25) is 0 Å². The van der Waals surface area contributed by atoms with Crippen molar-refractivity contribution in [3.63, 3.8) is 0 Å². The zero-order valence-electron chi connectivity index (χ0n) is 15.8. The monoisotopic (exact) mass is 420 g/mol.